The molecular weight excluding hydrogens is 428 g/mol. The number of fused-ring (bicyclic) bond motifs is 1. The van der Waals surface area contributed by atoms with Crippen LogP contribution in [0.4, 0.5) is 5.95 Å². The molecule has 0 radical (unpaired) electrons. The molecule has 0 spiro atoms. The Hall–Kier alpha value is -2.97. The van der Waals surface area contributed by atoms with E-state index in [9.17, 15) is 4.79 Å². The van der Waals surface area contributed by atoms with Crippen LogP contribution in [-0.4, -0.2) is 77.8 Å². The Morgan fingerprint density at radius 1 is 1.09 bits per heavy atom. The molecule has 3 aromatic rings. The first-order valence-electron chi connectivity index (χ1n) is 12.2. The van der Waals surface area contributed by atoms with E-state index in [4.69, 9.17) is 4.74 Å². The molecule has 1 aliphatic rings. The highest BCUT2D eigenvalue weighted by Gasteiger charge is 2.14. The highest BCUT2D eigenvalue weighted by Crippen LogP contribution is 2.27. The highest BCUT2D eigenvalue weighted by atomic mass is 16.5. The minimum atomic E-state index is -0.0874. The van der Waals surface area contributed by atoms with Gasteiger partial charge in [0.2, 0.25) is 5.95 Å². The van der Waals surface area contributed by atoms with Crippen molar-refractivity contribution in [2.24, 2.45) is 7.05 Å². The molecule has 0 aliphatic carbocycles. The molecule has 1 saturated heterocycles. The van der Waals surface area contributed by atoms with Gasteiger partial charge in [-0.15, -0.1) is 0 Å². The fourth-order valence-corrected chi connectivity index (χ4v) is 4.47. The maximum atomic E-state index is 13.2. The Morgan fingerprint density at radius 2 is 1.88 bits per heavy atom. The van der Waals surface area contributed by atoms with Gasteiger partial charge in [0, 0.05) is 56.9 Å². The number of hydrogen-bond acceptors (Lipinski definition) is 7. The third kappa shape index (κ3) is 5.39. The quantitative estimate of drug-likeness (QED) is 0.488. The van der Waals surface area contributed by atoms with E-state index in [-0.39, 0.29) is 5.56 Å². The number of aryl methyl sites for hydroxylation is 2. The number of benzene rings is 1. The molecule has 1 fully saturated rings. The first-order chi connectivity index (χ1) is 16.5. The summed E-state index contributed by atoms with van der Waals surface area (Å²) in [6, 6.07) is 7.80. The molecule has 0 amide bonds. The molecule has 8 heteroatoms. The van der Waals surface area contributed by atoms with Crippen molar-refractivity contribution in [3.05, 3.63) is 46.4 Å². The number of likely N-dealkylation sites (N-methyl/N-ethyl adjacent to an activating group) is 1. The second-order valence-electron chi connectivity index (χ2n) is 9.05. The van der Waals surface area contributed by atoms with Crippen LogP contribution in [-0.2, 0) is 13.5 Å². The van der Waals surface area contributed by atoms with Gasteiger partial charge in [-0.05, 0) is 56.1 Å². The number of piperazine rings is 1. The summed E-state index contributed by atoms with van der Waals surface area (Å²) in [5, 5.41) is 4.15. The van der Waals surface area contributed by atoms with E-state index in [1.165, 1.54) is 0 Å². The van der Waals surface area contributed by atoms with Gasteiger partial charge < -0.3 is 19.9 Å². The van der Waals surface area contributed by atoms with Gasteiger partial charge in [0.05, 0.1) is 7.11 Å². The van der Waals surface area contributed by atoms with Crippen LogP contribution in [0.5, 0.6) is 5.75 Å². The fraction of sp³-hybridized carbons (Fsp3) is 0.500. The first-order valence-corrected chi connectivity index (χ1v) is 12.2. The van der Waals surface area contributed by atoms with Gasteiger partial charge in [-0.2, -0.15) is 4.98 Å². The topological polar surface area (TPSA) is 75.5 Å². The van der Waals surface area contributed by atoms with Crippen LogP contribution in [0.25, 0.3) is 22.2 Å². The van der Waals surface area contributed by atoms with E-state index in [1.54, 1.807) is 24.9 Å². The molecule has 1 aliphatic heterocycles. The van der Waals surface area contributed by atoms with Crippen molar-refractivity contribution in [3.63, 3.8) is 0 Å². The Labute approximate surface area is 201 Å². The molecule has 182 valence electrons. The van der Waals surface area contributed by atoms with E-state index in [1.807, 2.05) is 24.3 Å². The van der Waals surface area contributed by atoms with E-state index in [0.717, 1.165) is 80.8 Å². The lowest BCUT2D eigenvalue weighted by molar-refractivity contribution is 0.152. The summed E-state index contributed by atoms with van der Waals surface area (Å²) in [6.45, 7) is 8.66. The van der Waals surface area contributed by atoms with Gasteiger partial charge in [-0.3, -0.25) is 9.36 Å². The second-order valence-corrected chi connectivity index (χ2v) is 9.05. The molecule has 0 unspecified atom stereocenters. The summed E-state index contributed by atoms with van der Waals surface area (Å²) >= 11 is 0. The molecule has 0 saturated carbocycles. The Balaban J connectivity index is 1.43. The number of rotatable bonds is 9. The van der Waals surface area contributed by atoms with E-state index in [0.29, 0.717) is 17.2 Å². The van der Waals surface area contributed by atoms with Crippen molar-refractivity contribution in [2.45, 2.75) is 26.2 Å². The fourth-order valence-electron chi connectivity index (χ4n) is 4.47. The van der Waals surface area contributed by atoms with Crippen molar-refractivity contribution >= 4 is 17.0 Å². The number of anilines is 1. The molecule has 1 aromatic carbocycles. The van der Waals surface area contributed by atoms with Gasteiger partial charge in [0.15, 0.2) is 0 Å². The molecule has 2 aromatic heterocycles. The Morgan fingerprint density at radius 3 is 2.62 bits per heavy atom. The molecule has 3 heterocycles. The highest BCUT2D eigenvalue weighted by molar-refractivity contribution is 5.81. The molecule has 0 bridgehead atoms. The van der Waals surface area contributed by atoms with Crippen LogP contribution in [0.2, 0.25) is 0 Å². The smallest absolute Gasteiger partial charge is 0.259 e. The lowest BCUT2D eigenvalue weighted by atomic mass is 10.0. The number of nitrogens with zero attached hydrogens (tertiary/aromatic N) is 5. The van der Waals surface area contributed by atoms with Crippen molar-refractivity contribution in [1.82, 2.24) is 24.3 Å². The normalized spacial score (nSPS) is 15.1. The van der Waals surface area contributed by atoms with E-state index in [2.05, 4.69) is 39.1 Å². The summed E-state index contributed by atoms with van der Waals surface area (Å²) in [6.07, 6.45) is 4.86. The lowest BCUT2D eigenvalue weighted by Gasteiger charge is -2.32. The summed E-state index contributed by atoms with van der Waals surface area (Å²) in [5.74, 6) is 1.36. The number of nitrogens with one attached hydrogen (secondary N) is 1. The third-order valence-electron chi connectivity index (χ3n) is 6.71. The molecular formula is C26H36N6O2. The van der Waals surface area contributed by atoms with Crippen molar-refractivity contribution in [1.29, 1.82) is 0 Å². The van der Waals surface area contributed by atoms with Crippen molar-refractivity contribution < 1.29 is 4.74 Å². The predicted molar refractivity (Wildman–Crippen MR) is 138 cm³/mol. The number of hydrogen-bond donors (Lipinski definition) is 1. The Bertz CT molecular complexity index is 1180. The van der Waals surface area contributed by atoms with Gasteiger partial charge in [0.25, 0.3) is 5.56 Å². The number of aromatic nitrogens is 3. The van der Waals surface area contributed by atoms with Gasteiger partial charge >= 0.3 is 0 Å². The first kappa shape index (κ1) is 24.2. The van der Waals surface area contributed by atoms with Crippen LogP contribution in [0, 0.1) is 0 Å². The lowest BCUT2D eigenvalue weighted by Crippen LogP contribution is -2.44. The number of pyridine rings is 1. The van der Waals surface area contributed by atoms with E-state index < -0.39 is 0 Å². The molecule has 34 heavy (non-hydrogen) atoms. The molecule has 1 N–H and O–H groups in total. The van der Waals surface area contributed by atoms with Gasteiger partial charge in [-0.1, -0.05) is 19.1 Å². The number of ether oxygens (including phenoxy) is 1. The summed E-state index contributed by atoms with van der Waals surface area (Å²) in [4.78, 5) is 27.2. The third-order valence-corrected chi connectivity index (χ3v) is 6.71. The number of unbranched alkanes of at least 4 members (excludes halogenated alkanes) is 1. The largest absolute Gasteiger partial charge is 0.496 e. The zero-order chi connectivity index (χ0) is 24.1. The average Bonchev–Trinajstić information content (AvgIpc) is 2.86. The van der Waals surface area contributed by atoms with Crippen LogP contribution >= 0.6 is 0 Å². The molecule has 8 nitrogen and oxygen atoms in total. The Kier molecular flexibility index (Phi) is 7.80. The van der Waals surface area contributed by atoms with Crippen molar-refractivity contribution in [3.8, 4) is 16.9 Å². The summed E-state index contributed by atoms with van der Waals surface area (Å²) in [7, 11) is 5.60. The van der Waals surface area contributed by atoms with Gasteiger partial charge in [-0.25, -0.2) is 4.98 Å². The monoisotopic (exact) mass is 464 g/mol. The van der Waals surface area contributed by atoms with Gasteiger partial charge in [0.1, 0.15) is 11.4 Å². The van der Waals surface area contributed by atoms with Crippen LogP contribution in [0.3, 0.4) is 0 Å². The van der Waals surface area contributed by atoms with E-state index >= 15 is 0 Å². The predicted octanol–water partition coefficient (Wildman–Crippen LogP) is 3.01. The van der Waals surface area contributed by atoms with Crippen molar-refractivity contribution in [2.75, 3.05) is 58.7 Å². The zero-order valence-electron chi connectivity index (χ0n) is 20.8. The minimum Gasteiger partial charge on any atom is -0.496 e. The van der Waals surface area contributed by atoms with Crippen LogP contribution < -0.4 is 15.6 Å². The SMILES string of the molecule is CCc1ccc(-c2cc3cnc(NCCCCN4CCN(C)CC4)nc3n(C)c2=O)cc1OC. The second kappa shape index (κ2) is 11.0. The minimum absolute atomic E-state index is 0.0874. The maximum Gasteiger partial charge on any atom is 0.259 e. The van der Waals surface area contributed by atoms with Crippen LogP contribution in [0.15, 0.2) is 35.3 Å². The zero-order valence-corrected chi connectivity index (χ0v) is 20.8. The number of methoxy groups -OCH3 is 1. The molecule has 0 atom stereocenters. The standard InChI is InChI=1S/C26H36N6O2/c1-5-19-8-9-20(17-23(19)34-4)22-16-21-18-28-26(29-24(21)31(3)25(22)33)27-10-6-7-11-32-14-12-30(2)13-15-32/h8-9,16-18H,5-7,10-15H2,1-4H3,(H,27,28,29). The van der Waals surface area contributed by atoms with Crippen LogP contribution in [0.1, 0.15) is 25.3 Å². The maximum absolute atomic E-state index is 13.2. The average molecular weight is 465 g/mol. The molecule has 4 rings (SSSR count). The summed E-state index contributed by atoms with van der Waals surface area (Å²) < 4.78 is 7.12. The summed E-state index contributed by atoms with van der Waals surface area (Å²) in [5.41, 5.74) is 3.10.